The second-order valence-corrected chi connectivity index (χ2v) is 1.92. The zero-order valence-electron chi connectivity index (χ0n) is 4.43. The molecule has 46 valence electrons. The normalized spacial score (nSPS) is 37.6. The maximum absolute atomic E-state index is 12.3. The van der Waals surface area contributed by atoms with E-state index >= 15 is 0 Å². The van der Waals surface area contributed by atoms with E-state index in [1.807, 2.05) is 0 Å². The molecule has 1 rings (SSSR count). The third-order valence-electron chi connectivity index (χ3n) is 1.34. The molecule has 0 aliphatic carbocycles. The fraction of sp³-hybridized carbons (Fsp3) is 0.800. The highest BCUT2D eigenvalue weighted by atomic mass is 19.1. The maximum atomic E-state index is 12.3. The van der Waals surface area contributed by atoms with Crippen LogP contribution in [-0.4, -0.2) is 25.0 Å². The van der Waals surface area contributed by atoms with Crippen LogP contribution in [0.3, 0.4) is 0 Å². The van der Waals surface area contributed by atoms with Crippen LogP contribution in [0.2, 0.25) is 0 Å². The summed E-state index contributed by atoms with van der Waals surface area (Å²) in [6, 6.07) is -0.532. The molecule has 1 heterocycles. The molecule has 1 aliphatic rings. The Morgan fingerprint density at radius 2 is 2.50 bits per heavy atom. The molecule has 0 radical (unpaired) electrons. The summed E-state index contributed by atoms with van der Waals surface area (Å²) in [4.78, 5) is 9.92. The van der Waals surface area contributed by atoms with Gasteiger partial charge in [0.2, 0.25) is 0 Å². The molecule has 1 fully saturated rings. The molecule has 0 bridgehead atoms. The zero-order chi connectivity index (χ0) is 5.98. The molecule has 1 saturated heterocycles. The van der Waals surface area contributed by atoms with E-state index in [4.69, 9.17) is 0 Å². The van der Waals surface area contributed by atoms with Crippen LogP contribution >= 0.6 is 0 Å². The number of nitrogens with one attached hydrogen (secondary N) is 1. The predicted octanol–water partition coefficient (Wildman–Crippen LogP) is -0.115. The van der Waals surface area contributed by atoms with E-state index in [9.17, 15) is 9.18 Å². The summed E-state index contributed by atoms with van der Waals surface area (Å²) in [5.74, 6) is 0. The van der Waals surface area contributed by atoms with Gasteiger partial charge in [-0.05, 0) is 13.0 Å². The molecule has 2 atom stereocenters. The minimum Gasteiger partial charge on any atom is -0.305 e. The first-order valence-corrected chi connectivity index (χ1v) is 2.67. The average molecular weight is 117 g/mol. The van der Waals surface area contributed by atoms with Crippen LogP contribution < -0.4 is 5.32 Å². The molecule has 0 aromatic carbocycles. The summed E-state index contributed by atoms with van der Waals surface area (Å²) >= 11 is 0. The lowest BCUT2D eigenvalue weighted by atomic mass is 10.2. The standard InChI is InChI=1S/C5H8FNO/c6-4-1-2-7-5(4)3-8/h3-5,7H,1-2H2/t4-,5?/m1/s1. The van der Waals surface area contributed by atoms with E-state index in [2.05, 4.69) is 5.32 Å². The van der Waals surface area contributed by atoms with Crippen molar-refractivity contribution in [3.8, 4) is 0 Å². The second kappa shape index (κ2) is 2.22. The lowest BCUT2D eigenvalue weighted by molar-refractivity contribution is -0.110. The molecule has 0 saturated carbocycles. The highest BCUT2D eigenvalue weighted by Crippen LogP contribution is 2.07. The van der Waals surface area contributed by atoms with Crippen molar-refractivity contribution in [2.24, 2.45) is 0 Å². The molecule has 0 amide bonds. The first-order valence-electron chi connectivity index (χ1n) is 2.67. The van der Waals surface area contributed by atoms with Crippen LogP contribution in [0.1, 0.15) is 6.42 Å². The number of halogens is 1. The van der Waals surface area contributed by atoms with Gasteiger partial charge in [0.05, 0.1) is 6.04 Å². The van der Waals surface area contributed by atoms with Gasteiger partial charge in [-0.3, -0.25) is 0 Å². The largest absolute Gasteiger partial charge is 0.305 e. The number of hydrogen-bond acceptors (Lipinski definition) is 2. The van der Waals surface area contributed by atoms with E-state index in [0.717, 1.165) is 0 Å². The van der Waals surface area contributed by atoms with Gasteiger partial charge in [0.25, 0.3) is 0 Å². The van der Waals surface area contributed by atoms with Crippen molar-refractivity contribution in [2.45, 2.75) is 18.6 Å². The number of hydrogen-bond donors (Lipinski definition) is 1. The zero-order valence-corrected chi connectivity index (χ0v) is 4.43. The summed E-state index contributed by atoms with van der Waals surface area (Å²) < 4.78 is 12.3. The van der Waals surface area contributed by atoms with Gasteiger partial charge in [-0.1, -0.05) is 0 Å². The Morgan fingerprint density at radius 3 is 2.75 bits per heavy atom. The molecule has 0 aromatic heterocycles. The number of carbonyl (C=O) groups is 1. The van der Waals surface area contributed by atoms with E-state index in [-0.39, 0.29) is 0 Å². The van der Waals surface area contributed by atoms with E-state index in [0.29, 0.717) is 19.3 Å². The van der Waals surface area contributed by atoms with Crippen LogP contribution in [0.4, 0.5) is 4.39 Å². The van der Waals surface area contributed by atoms with Crippen LogP contribution in [0.25, 0.3) is 0 Å². The van der Waals surface area contributed by atoms with Crippen LogP contribution in [0.15, 0.2) is 0 Å². The molecule has 0 spiro atoms. The molecule has 1 aliphatic heterocycles. The van der Waals surface area contributed by atoms with Crippen molar-refractivity contribution in [2.75, 3.05) is 6.54 Å². The van der Waals surface area contributed by atoms with Gasteiger partial charge in [0, 0.05) is 0 Å². The third-order valence-corrected chi connectivity index (χ3v) is 1.34. The van der Waals surface area contributed by atoms with Gasteiger partial charge in [-0.15, -0.1) is 0 Å². The van der Waals surface area contributed by atoms with Gasteiger partial charge < -0.3 is 10.1 Å². The Kier molecular flexibility index (Phi) is 1.58. The molecule has 8 heavy (non-hydrogen) atoms. The molecule has 2 nitrogen and oxygen atoms in total. The Balaban J connectivity index is 2.41. The van der Waals surface area contributed by atoms with E-state index < -0.39 is 12.2 Å². The third kappa shape index (κ3) is 0.865. The van der Waals surface area contributed by atoms with Crippen LogP contribution in [0.5, 0.6) is 0 Å². The quantitative estimate of drug-likeness (QED) is 0.485. The van der Waals surface area contributed by atoms with Gasteiger partial charge in [-0.2, -0.15) is 0 Å². The highest BCUT2D eigenvalue weighted by Gasteiger charge is 2.24. The first-order chi connectivity index (χ1) is 3.84. The van der Waals surface area contributed by atoms with E-state index in [1.54, 1.807) is 0 Å². The lowest BCUT2D eigenvalue weighted by Gasteiger charge is -2.00. The fourth-order valence-electron chi connectivity index (χ4n) is 0.829. The van der Waals surface area contributed by atoms with E-state index in [1.165, 1.54) is 0 Å². The maximum Gasteiger partial charge on any atom is 0.139 e. The summed E-state index contributed by atoms with van der Waals surface area (Å²) in [6.45, 7) is 0.630. The Labute approximate surface area is 47.1 Å². The minimum absolute atomic E-state index is 0.476. The monoisotopic (exact) mass is 117 g/mol. The smallest absolute Gasteiger partial charge is 0.139 e. The van der Waals surface area contributed by atoms with Crippen molar-refractivity contribution < 1.29 is 9.18 Å². The molecular formula is C5H8FNO. The van der Waals surface area contributed by atoms with Crippen LogP contribution in [-0.2, 0) is 4.79 Å². The number of carbonyl (C=O) groups excluding carboxylic acids is 1. The van der Waals surface area contributed by atoms with Crippen LogP contribution in [0, 0.1) is 0 Å². The van der Waals surface area contributed by atoms with Gasteiger partial charge >= 0.3 is 0 Å². The molecular weight excluding hydrogens is 109 g/mol. The van der Waals surface area contributed by atoms with Crippen molar-refractivity contribution in [1.82, 2.24) is 5.32 Å². The fourth-order valence-corrected chi connectivity index (χ4v) is 0.829. The van der Waals surface area contributed by atoms with Gasteiger partial charge in [-0.25, -0.2) is 4.39 Å². The topological polar surface area (TPSA) is 29.1 Å². The molecule has 3 heteroatoms. The summed E-state index contributed by atoms with van der Waals surface area (Å²) in [5, 5.41) is 2.71. The summed E-state index contributed by atoms with van der Waals surface area (Å²) in [7, 11) is 0. The van der Waals surface area contributed by atoms with Crippen molar-refractivity contribution >= 4 is 6.29 Å². The first kappa shape index (κ1) is 5.69. The molecule has 0 aromatic rings. The average Bonchev–Trinajstić information content (AvgIpc) is 2.14. The van der Waals surface area contributed by atoms with Gasteiger partial charge in [0.1, 0.15) is 12.5 Å². The number of alkyl halides is 1. The Bertz CT molecular complexity index is 96.4. The van der Waals surface area contributed by atoms with Crippen molar-refractivity contribution in [3.05, 3.63) is 0 Å². The second-order valence-electron chi connectivity index (χ2n) is 1.92. The Morgan fingerprint density at radius 1 is 1.75 bits per heavy atom. The highest BCUT2D eigenvalue weighted by molar-refractivity contribution is 5.59. The van der Waals surface area contributed by atoms with Crippen molar-refractivity contribution in [3.63, 3.8) is 0 Å². The molecule has 1 N–H and O–H groups in total. The van der Waals surface area contributed by atoms with Crippen molar-refractivity contribution in [1.29, 1.82) is 0 Å². The number of rotatable bonds is 1. The van der Waals surface area contributed by atoms with Gasteiger partial charge in [0.15, 0.2) is 0 Å². The number of aldehydes is 1. The summed E-state index contributed by atoms with van der Waals surface area (Å²) in [6.07, 6.45) is 0.147. The minimum atomic E-state index is -0.951. The Hall–Kier alpha value is -0.440. The predicted molar refractivity (Wildman–Crippen MR) is 27.4 cm³/mol. The lowest BCUT2D eigenvalue weighted by Crippen LogP contribution is -2.28. The SMILES string of the molecule is O=CC1NCC[C@H]1F. The summed E-state index contributed by atoms with van der Waals surface area (Å²) in [5.41, 5.74) is 0. The molecule has 1 unspecified atom stereocenters.